The summed E-state index contributed by atoms with van der Waals surface area (Å²) in [5.74, 6) is 4.28. The van der Waals surface area contributed by atoms with E-state index in [1.807, 2.05) is 0 Å². The first-order chi connectivity index (χ1) is 9.56. The Morgan fingerprint density at radius 1 is 1.50 bits per heavy atom. The number of nitrogens with two attached hydrogens (primary N) is 2. The summed E-state index contributed by atoms with van der Waals surface area (Å²) in [6.07, 6.45) is 1.36. The molecule has 1 aromatic carbocycles. The van der Waals surface area contributed by atoms with Gasteiger partial charge in [-0.15, -0.1) is 0 Å². The first kappa shape index (κ1) is 13.7. The minimum absolute atomic E-state index is 0. The van der Waals surface area contributed by atoms with Gasteiger partial charge < -0.3 is 15.9 Å². The van der Waals surface area contributed by atoms with Gasteiger partial charge in [-0.05, 0) is 18.2 Å². The van der Waals surface area contributed by atoms with E-state index < -0.39 is 11.8 Å². The second-order valence-corrected chi connectivity index (χ2v) is 3.83. The highest BCUT2D eigenvalue weighted by Crippen LogP contribution is 2.22. The van der Waals surface area contributed by atoms with Crippen molar-refractivity contribution in [2.24, 2.45) is 5.84 Å². The molecule has 2 aromatic rings. The zero-order valence-corrected chi connectivity index (χ0v) is 10.6. The van der Waals surface area contributed by atoms with Gasteiger partial charge in [0.25, 0.3) is 0 Å². The number of hydrogen-bond acceptors (Lipinski definition) is 7. The number of benzene rings is 1. The van der Waals surface area contributed by atoms with E-state index in [0.717, 1.165) is 6.07 Å². The van der Waals surface area contributed by atoms with Gasteiger partial charge in [0, 0.05) is 6.99 Å². The topological polar surface area (TPSA) is 116 Å². The van der Waals surface area contributed by atoms with E-state index in [9.17, 15) is 9.18 Å². The second-order valence-electron chi connectivity index (χ2n) is 3.83. The average molecular weight is 279 g/mol. The van der Waals surface area contributed by atoms with E-state index in [2.05, 4.69) is 20.1 Å². The number of hydrogen-bond donors (Lipinski definition) is 3. The van der Waals surface area contributed by atoms with Crippen LogP contribution in [0.3, 0.4) is 0 Å². The maximum Gasteiger partial charge on any atom is 0.340 e. The van der Waals surface area contributed by atoms with Gasteiger partial charge in [0.1, 0.15) is 5.82 Å². The van der Waals surface area contributed by atoms with Crippen molar-refractivity contribution in [3.8, 4) is 11.4 Å². The van der Waals surface area contributed by atoms with Gasteiger partial charge in [-0.1, -0.05) is 0 Å². The standard InChI is InChI=1S/C12H12FN5O2.H2/c1-20-12(19)7-4-6(2-3-8(7)13)10-16-5-9(14)11(17-10)18-15;/h2-5H,14-15H2,1H3,(H,16,17,18);1H. The highest BCUT2D eigenvalue weighted by molar-refractivity contribution is 5.91. The quantitative estimate of drug-likeness (QED) is 0.439. The van der Waals surface area contributed by atoms with Gasteiger partial charge in [0.15, 0.2) is 11.6 Å². The van der Waals surface area contributed by atoms with Crippen LogP contribution < -0.4 is 17.0 Å². The fraction of sp³-hybridized carbons (Fsp3) is 0.0833. The molecule has 0 saturated heterocycles. The van der Waals surface area contributed by atoms with Crippen LogP contribution in [-0.4, -0.2) is 23.0 Å². The first-order valence-electron chi connectivity index (χ1n) is 5.54. The number of rotatable bonds is 3. The van der Waals surface area contributed by atoms with Crippen molar-refractivity contribution >= 4 is 17.5 Å². The summed E-state index contributed by atoms with van der Waals surface area (Å²) in [7, 11) is 1.17. The van der Waals surface area contributed by atoms with E-state index >= 15 is 0 Å². The molecule has 0 unspecified atom stereocenters. The number of anilines is 2. The molecule has 20 heavy (non-hydrogen) atoms. The molecule has 7 nitrogen and oxygen atoms in total. The Bertz CT molecular complexity index is 668. The fourth-order valence-corrected chi connectivity index (χ4v) is 1.58. The molecule has 0 spiro atoms. The molecule has 1 aromatic heterocycles. The van der Waals surface area contributed by atoms with E-state index in [4.69, 9.17) is 11.6 Å². The lowest BCUT2D eigenvalue weighted by Crippen LogP contribution is -2.12. The highest BCUT2D eigenvalue weighted by Gasteiger charge is 2.15. The maximum atomic E-state index is 13.5. The SMILES string of the molecule is COC(=O)c1cc(-c2ncc(N)c(NN)n2)ccc1F.[HH]. The van der Waals surface area contributed by atoms with E-state index in [0.29, 0.717) is 5.56 Å². The van der Waals surface area contributed by atoms with Crippen LogP contribution in [0.5, 0.6) is 0 Å². The normalized spacial score (nSPS) is 10.2. The number of esters is 1. The molecule has 0 aliphatic heterocycles. The maximum absolute atomic E-state index is 13.5. The van der Waals surface area contributed by atoms with Gasteiger partial charge >= 0.3 is 5.97 Å². The molecular weight excluding hydrogens is 265 g/mol. The van der Waals surface area contributed by atoms with E-state index in [1.165, 1.54) is 25.4 Å². The number of hydrazine groups is 1. The first-order valence-corrected chi connectivity index (χ1v) is 5.54. The summed E-state index contributed by atoms with van der Waals surface area (Å²) in [4.78, 5) is 19.5. The molecule has 0 radical (unpaired) electrons. The molecule has 0 aliphatic rings. The van der Waals surface area contributed by atoms with E-state index in [-0.39, 0.29) is 24.3 Å². The van der Waals surface area contributed by atoms with Crippen LogP contribution in [0.4, 0.5) is 15.9 Å². The summed E-state index contributed by atoms with van der Waals surface area (Å²) in [5.41, 5.74) is 8.43. The lowest BCUT2D eigenvalue weighted by molar-refractivity contribution is 0.0595. The number of carbonyl (C=O) groups excluding carboxylic acids is 1. The summed E-state index contributed by atoms with van der Waals surface area (Å²) < 4.78 is 18.0. The van der Waals surface area contributed by atoms with Crippen molar-refractivity contribution in [3.63, 3.8) is 0 Å². The minimum Gasteiger partial charge on any atom is -0.465 e. The molecule has 5 N–H and O–H groups in total. The number of aromatic nitrogens is 2. The summed E-state index contributed by atoms with van der Waals surface area (Å²) in [6.45, 7) is 0. The van der Waals surface area contributed by atoms with Crippen molar-refractivity contribution in [2.45, 2.75) is 0 Å². The van der Waals surface area contributed by atoms with Crippen LogP contribution in [-0.2, 0) is 4.74 Å². The molecule has 0 atom stereocenters. The number of ether oxygens (including phenoxy) is 1. The Kier molecular flexibility index (Phi) is 3.76. The van der Waals surface area contributed by atoms with Gasteiger partial charge in [-0.3, -0.25) is 0 Å². The molecule has 0 bridgehead atoms. The Morgan fingerprint density at radius 3 is 2.90 bits per heavy atom. The van der Waals surface area contributed by atoms with Crippen LogP contribution in [0.25, 0.3) is 11.4 Å². The Balaban J connectivity index is 0.00000220. The van der Waals surface area contributed by atoms with Crippen molar-refractivity contribution < 1.29 is 15.3 Å². The second kappa shape index (κ2) is 5.49. The van der Waals surface area contributed by atoms with Gasteiger partial charge in [0.2, 0.25) is 0 Å². The predicted octanol–water partition coefficient (Wildman–Crippen LogP) is 1.18. The van der Waals surface area contributed by atoms with Crippen LogP contribution in [0, 0.1) is 5.82 Å². The zero-order chi connectivity index (χ0) is 14.7. The molecular formula is C12H14FN5O2. The minimum atomic E-state index is -0.781. The number of methoxy groups -OCH3 is 1. The summed E-state index contributed by atoms with van der Waals surface area (Å²) in [6, 6.07) is 3.87. The molecule has 0 fully saturated rings. The van der Waals surface area contributed by atoms with Crippen LogP contribution >= 0.6 is 0 Å². The van der Waals surface area contributed by atoms with Gasteiger partial charge in [-0.25, -0.2) is 25.0 Å². The lowest BCUT2D eigenvalue weighted by Gasteiger charge is -2.07. The lowest BCUT2D eigenvalue weighted by atomic mass is 10.1. The molecule has 0 saturated carbocycles. The predicted molar refractivity (Wildman–Crippen MR) is 73.1 cm³/mol. The smallest absolute Gasteiger partial charge is 0.340 e. The van der Waals surface area contributed by atoms with Gasteiger partial charge in [0.05, 0.1) is 24.6 Å². The molecule has 2 rings (SSSR count). The molecule has 8 heteroatoms. The number of nitrogens with zero attached hydrogens (tertiary/aromatic N) is 2. The van der Waals surface area contributed by atoms with E-state index in [1.54, 1.807) is 0 Å². The van der Waals surface area contributed by atoms with Crippen LogP contribution in [0.15, 0.2) is 24.4 Å². The average Bonchev–Trinajstić information content (AvgIpc) is 2.47. The summed E-state index contributed by atoms with van der Waals surface area (Å²) >= 11 is 0. The number of carbonyl (C=O) groups is 1. The number of nitrogens with one attached hydrogen (secondary N) is 1. The Morgan fingerprint density at radius 2 is 2.25 bits per heavy atom. The third-order valence-electron chi connectivity index (χ3n) is 2.58. The van der Waals surface area contributed by atoms with Crippen molar-refractivity contribution in [3.05, 3.63) is 35.8 Å². The number of nitrogen functional groups attached to an aromatic ring is 2. The monoisotopic (exact) mass is 279 g/mol. The van der Waals surface area contributed by atoms with Crippen molar-refractivity contribution in [1.82, 2.24) is 9.97 Å². The third-order valence-corrected chi connectivity index (χ3v) is 2.58. The third kappa shape index (κ3) is 2.50. The molecule has 1 heterocycles. The van der Waals surface area contributed by atoms with Crippen LogP contribution in [0.1, 0.15) is 11.8 Å². The molecule has 106 valence electrons. The molecule has 0 amide bonds. The summed E-state index contributed by atoms with van der Waals surface area (Å²) in [5, 5.41) is 0. The van der Waals surface area contributed by atoms with Crippen molar-refractivity contribution in [1.29, 1.82) is 0 Å². The fourth-order valence-electron chi connectivity index (χ4n) is 1.58. The van der Waals surface area contributed by atoms with Crippen LogP contribution in [0.2, 0.25) is 0 Å². The molecule has 0 aliphatic carbocycles. The zero-order valence-electron chi connectivity index (χ0n) is 10.6. The number of halogens is 1. The van der Waals surface area contributed by atoms with Gasteiger partial charge in [-0.2, -0.15) is 0 Å². The van der Waals surface area contributed by atoms with Crippen molar-refractivity contribution in [2.75, 3.05) is 18.3 Å². The largest absolute Gasteiger partial charge is 0.465 e. The Labute approximate surface area is 115 Å². The highest BCUT2D eigenvalue weighted by atomic mass is 19.1. The Hall–Kier alpha value is -2.74.